The molecule has 1 aliphatic rings. The maximum atomic E-state index is 4.20. The minimum atomic E-state index is 0.975. The van der Waals surface area contributed by atoms with Gasteiger partial charge in [-0.1, -0.05) is 29.8 Å². The van der Waals surface area contributed by atoms with Crippen molar-refractivity contribution in [1.82, 2.24) is 5.43 Å². The third kappa shape index (κ3) is 1.33. The molecule has 2 heteroatoms. The molecule has 0 aromatic heterocycles. The average Bonchev–Trinajstić information content (AvgIpc) is 2.58. The van der Waals surface area contributed by atoms with E-state index in [0.29, 0.717) is 0 Å². The molecule has 12 heavy (non-hydrogen) atoms. The van der Waals surface area contributed by atoms with E-state index in [-0.39, 0.29) is 0 Å². The van der Waals surface area contributed by atoms with Gasteiger partial charge in [0, 0.05) is 13.0 Å². The first-order valence-corrected chi connectivity index (χ1v) is 4.23. The molecule has 0 bridgehead atoms. The monoisotopic (exact) mass is 160 g/mol. The lowest BCUT2D eigenvalue weighted by molar-refractivity contribution is 0.813. The van der Waals surface area contributed by atoms with Crippen LogP contribution in [0, 0.1) is 6.92 Å². The normalized spacial score (nSPS) is 15.6. The molecule has 2 rings (SSSR count). The highest BCUT2D eigenvalue weighted by atomic mass is 15.3. The van der Waals surface area contributed by atoms with Crippen molar-refractivity contribution in [2.75, 3.05) is 6.54 Å². The Morgan fingerprint density at radius 1 is 1.25 bits per heavy atom. The maximum absolute atomic E-state index is 4.20. The summed E-state index contributed by atoms with van der Waals surface area (Å²) in [5.41, 5.74) is 6.69. The van der Waals surface area contributed by atoms with Gasteiger partial charge >= 0.3 is 0 Å². The van der Waals surface area contributed by atoms with Crippen molar-refractivity contribution < 1.29 is 0 Å². The molecule has 0 unspecified atom stereocenters. The first-order chi connectivity index (χ1) is 5.86. The van der Waals surface area contributed by atoms with Crippen molar-refractivity contribution in [3.05, 3.63) is 35.4 Å². The van der Waals surface area contributed by atoms with Gasteiger partial charge < -0.3 is 5.43 Å². The highest BCUT2D eigenvalue weighted by Crippen LogP contribution is 2.08. The minimum absolute atomic E-state index is 0.975. The maximum Gasteiger partial charge on any atom is 0.0693 e. The summed E-state index contributed by atoms with van der Waals surface area (Å²) in [6.45, 7) is 3.07. The van der Waals surface area contributed by atoms with Gasteiger partial charge in [-0.05, 0) is 12.5 Å². The highest BCUT2D eigenvalue weighted by Gasteiger charge is 2.07. The van der Waals surface area contributed by atoms with E-state index in [9.17, 15) is 0 Å². The van der Waals surface area contributed by atoms with E-state index in [1.54, 1.807) is 0 Å². The van der Waals surface area contributed by atoms with Crippen molar-refractivity contribution >= 4 is 5.71 Å². The molecule has 1 aliphatic heterocycles. The van der Waals surface area contributed by atoms with E-state index in [0.717, 1.165) is 13.0 Å². The number of rotatable bonds is 1. The molecule has 0 spiro atoms. The number of nitrogens with zero attached hydrogens (tertiary/aromatic N) is 1. The molecule has 1 N–H and O–H groups in total. The number of hydrogen-bond donors (Lipinski definition) is 1. The Labute approximate surface area is 72.3 Å². The number of hydrazone groups is 1. The van der Waals surface area contributed by atoms with Gasteiger partial charge in [-0.3, -0.25) is 0 Å². The summed E-state index contributed by atoms with van der Waals surface area (Å²) in [6, 6.07) is 8.49. The smallest absolute Gasteiger partial charge is 0.0693 e. The van der Waals surface area contributed by atoms with Crippen LogP contribution < -0.4 is 5.43 Å². The number of benzene rings is 1. The van der Waals surface area contributed by atoms with Crippen molar-refractivity contribution in [3.63, 3.8) is 0 Å². The predicted molar refractivity (Wildman–Crippen MR) is 50.3 cm³/mol. The van der Waals surface area contributed by atoms with Gasteiger partial charge in [0.2, 0.25) is 0 Å². The van der Waals surface area contributed by atoms with Crippen LogP contribution >= 0.6 is 0 Å². The summed E-state index contributed by atoms with van der Waals surface area (Å²) in [7, 11) is 0. The van der Waals surface area contributed by atoms with Crippen LogP contribution in [-0.2, 0) is 0 Å². The third-order valence-corrected chi connectivity index (χ3v) is 2.07. The minimum Gasteiger partial charge on any atom is -0.309 e. The summed E-state index contributed by atoms with van der Waals surface area (Å²) in [4.78, 5) is 0. The second-order valence-corrected chi connectivity index (χ2v) is 3.08. The number of nitrogens with one attached hydrogen (secondary N) is 1. The lowest BCUT2D eigenvalue weighted by atomic mass is 10.1. The molecule has 1 aromatic carbocycles. The zero-order valence-corrected chi connectivity index (χ0v) is 7.17. The van der Waals surface area contributed by atoms with Gasteiger partial charge in [0.1, 0.15) is 0 Å². The van der Waals surface area contributed by atoms with Crippen LogP contribution in [0.15, 0.2) is 29.4 Å². The van der Waals surface area contributed by atoms with Gasteiger partial charge in [0.15, 0.2) is 0 Å². The summed E-state index contributed by atoms with van der Waals surface area (Å²) in [6.07, 6.45) is 1.04. The Bertz CT molecular complexity index is 298. The SMILES string of the molecule is Cc1ccc(C2=NNCC2)cc1. The first-order valence-electron chi connectivity index (χ1n) is 4.23. The standard InChI is InChI=1S/C10H12N2/c1-8-2-4-9(5-3-8)10-6-7-11-12-10/h2-5,11H,6-7H2,1H3. The number of aryl methyl sites for hydroxylation is 1. The van der Waals surface area contributed by atoms with E-state index in [2.05, 4.69) is 41.7 Å². The Balaban J connectivity index is 2.28. The van der Waals surface area contributed by atoms with Crippen LogP contribution in [-0.4, -0.2) is 12.3 Å². The summed E-state index contributed by atoms with van der Waals surface area (Å²) in [5.74, 6) is 0. The van der Waals surface area contributed by atoms with Gasteiger partial charge in [0.05, 0.1) is 5.71 Å². The molecule has 0 amide bonds. The quantitative estimate of drug-likeness (QED) is 0.664. The van der Waals surface area contributed by atoms with Crippen molar-refractivity contribution in [1.29, 1.82) is 0 Å². The molecule has 0 saturated carbocycles. The number of hydrogen-bond acceptors (Lipinski definition) is 2. The van der Waals surface area contributed by atoms with E-state index >= 15 is 0 Å². The Hall–Kier alpha value is -1.31. The van der Waals surface area contributed by atoms with Crippen LogP contribution in [0.25, 0.3) is 0 Å². The van der Waals surface area contributed by atoms with E-state index in [1.165, 1.54) is 16.8 Å². The second kappa shape index (κ2) is 2.97. The molecule has 0 fully saturated rings. The molecule has 1 heterocycles. The molecule has 0 atom stereocenters. The van der Waals surface area contributed by atoms with E-state index < -0.39 is 0 Å². The van der Waals surface area contributed by atoms with Crippen LogP contribution in [0.4, 0.5) is 0 Å². The van der Waals surface area contributed by atoms with Gasteiger partial charge in [-0.15, -0.1) is 0 Å². The largest absolute Gasteiger partial charge is 0.309 e. The third-order valence-electron chi connectivity index (χ3n) is 2.07. The zero-order valence-electron chi connectivity index (χ0n) is 7.17. The molecule has 1 aromatic rings. The summed E-state index contributed by atoms with van der Waals surface area (Å²) in [5, 5.41) is 4.20. The second-order valence-electron chi connectivity index (χ2n) is 3.08. The predicted octanol–water partition coefficient (Wildman–Crippen LogP) is 1.69. The van der Waals surface area contributed by atoms with Gasteiger partial charge in [-0.25, -0.2) is 0 Å². The van der Waals surface area contributed by atoms with Gasteiger partial charge in [-0.2, -0.15) is 5.10 Å². The zero-order chi connectivity index (χ0) is 8.39. The van der Waals surface area contributed by atoms with Crippen molar-refractivity contribution in [2.45, 2.75) is 13.3 Å². The molecular weight excluding hydrogens is 148 g/mol. The first kappa shape index (κ1) is 7.35. The molecule has 62 valence electrons. The molecule has 0 aliphatic carbocycles. The fourth-order valence-corrected chi connectivity index (χ4v) is 1.34. The van der Waals surface area contributed by atoms with E-state index in [1.807, 2.05) is 0 Å². The lowest BCUT2D eigenvalue weighted by Crippen LogP contribution is -1.97. The summed E-state index contributed by atoms with van der Waals surface area (Å²) >= 11 is 0. The Morgan fingerprint density at radius 2 is 2.00 bits per heavy atom. The van der Waals surface area contributed by atoms with Crippen LogP contribution in [0.3, 0.4) is 0 Å². The van der Waals surface area contributed by atoms with Gasteiger partial charge in [0.25, 0.3) is 0 Å². The topological polar surface area (TPSA) is 24.4 Å². The Morgan fingerprint density at radius 3 is 2.58 bits per heavy atom. The molecular formula is C10H12N2. The fourth-order valence-electron chi connectivity index (χ4n) is 1.34. The van der Waals surface area contributed by atoms with E-state index in [4.69, 9.17) is 0 Å². The van der Waals surface area contributed by atoms with Crippen molar-refractivity contribution in [2.24, 2.45) is 5.10 Å². The fraction of sp³-hybridized carbons (Fsp3) is 0.300. The Kier molecular flexibility index (Phi) is 1.82. The van der Waals surface area contributed by atoms with Crippen LogP contribution in [0.2, 0.25) is 0 Å². The lowest BCUT2D eigenvalue weighted by Gasteiger charge is -1.98. The molecule has 0 saturated heterocycles. The average molecular weight is 160 g/mol. The van der Waals surface area contributed by atoms with Crippen LogP contribution in [0.5, 0.6) is 0 Å². The molecule has 2 nitrogen and oxygen atoms in total. The van der Waals surface area contributed by atoms with Crippen molar-refractivity contribution in [3.8, 4) is 0 Å². The molecule has 0 radical (unpaired) electrons. The highest BCUT2D eigenvalue weighted by molar-refractivity contribution is 6.01. The van der Waals surface area contributed by atoms with Crippen LogP contribution in [0.1, 0.15) is 17.5 Å². The summed E-state index contributed by atoms with van der Waals surface area (Å²) < 4.78 is 0.